The Balaban J connectivity index is 1.24. The highest BCUT2D eigenvalue weighted by Crippen LogP contribution is 2.34. The molecule has 33 heavy (non-hydrogen) atoms. The predicted octanol–water partition coefficient (Wildman–Crippen LogP) is 3.19. The molecule has 3 aromatic rings. The standard InChI is InChI=1S/C21H23F3N4O4S/c22-21(23,24)20-17-7-4-15(11-18(17)26-27-20)32-9-8-25-12-19(29)13-2-1-3-14(10-13)28-33(30,31)16-5-6-16/h1-4,7,10-11,16,19,25,28-29H,5-6,8-9,12H2,(H,26,27)/t19-/m0/s1. The predicted molar refractivity (Wildman–Crippen MR) is 116 cm³/mol. The van der Waals surface area contributed by atoms with Crippen LogP contribution in [0.5, 0.6) is 5.75 Å². The lowest BCUT2D eigenvalue weighted by Gasteiger charge is -2.14. The van der Waals surface area contributed by atoms with E-state index in [0.717, 1.165) is 0 Å². The monoisotopic (exact) mass is 484 g/mol. The molecule has 4 N–H and O–H groups in total. The van der Waals surface area contributed by atoms with Crippen molar-refractivity contribution in [3.05, 3.63) is 53.7 Å². The summed E-state index contributed by atoms with van der Waals surface area (Å²) >= 11 is 0. The van der Waals surface area contributed by atoms with E-state index in [1.165, 1.54) is 18.2 Å². The van der Waals surface area contributed by atoms with Gasteiger partial charge in [-0.1, -0.05) is 12.1 Å². The molecule has 1 aromatic heterocycles. The molecule has 12 heteroatoms. The fourth-order valence-corrected chi connectivity index (χ4v) is 4.72. The summed E-state index contributed by atoms with van der Waals surface area (Å²) in [5.41, 5.74) is 0.221. The van der Waals surface area contributed by atoms with E-state index in [2.05, 4.69) is 20.2 Å². The molecule has 178 valence electrons. The SMILES string of the molecule is O=S(=O)(Nc1cccc([C@@H](O)CNCCOc2ccc3c(C(F)(F)F)n[nH]c3c2)c1)C1CC1. The normalized spacial score (nSPS) is 15.5. The van der Waals surface area contributed by atoms with E-state index in [1.807, 2.05) is 0 Å². The van der Waals surface area contributed by atoms with Crippen molar-refractivity contribution in [2.75, 3.05) is 24.4 Å². The number of aromatic nitrogens is 2. The molecule has 1 heterocycles. The second-order valence-corrected chi connectivity index (χ2v) is 9.78. The van der Waals surface area contributed by atoms with Crippen LogP contribution in [-0.4, -0.2) is 48.7 Å². The smallest absolute Gasteiger partial charge is 0.435 e. The second kappa shape index (κ2) is 9.20. The van der Waals surface area contributed by atoms with Crippen molar-refractivity contribution in [2.45, 2.75) is 30.4 Å². The molecule has 1 aliphatic rings. The van der Waals surface area contributed by atoms with Gasteiger partial charge in [0.1, 0.15) is 12.4 Å². The number of aromatic amines is 1. The van der Waals surface area contributed by atoms with Crippen molar-refractivity contribution in [1.82, 2.24) is 15.5 Å². The third kappa shape index (κ3) is 5.75. The van der Waals surface area contributed by atoms with Gasteiger partial charge in [0.2, 0.25) is 10.0 Å². The highest BCUT2D eigenvalue weighted by molar-refractivity contribution is 7.93. The number of sulfonamides is 1. The Bertz CT molecular complexity index is 1230. The first-order valence-corrected chi connectivity index (χ1v) is 11.9. The van der Waals surface area contributed by atoms with Gasteiger partial charge in [-0.2, -0.15) is 18.3 Å². The van der Waals surface area contributed by atoms with Crippen LogP contribution in [0.25, 0.3) is 10.9 Å². The Kier molecular flexibility index (Phi) is 6.50. The molecule has 0 bridgehead atoms. The van der Waals surface area contributed by atoms with Crippen LogP contribution in [0, 0.1) is 0 Å². The highest BCUT2D eigenvalue weighted by atomic mass is 32.2. The second-order valence-electron chi connectivity index (χ2n) is 7.82. The lowest BCUT2D eigenvalue weighted by molar-refractivity contribution is -0.139. The van der Waals surface area contributed by atoms with Crippen molar-refractivity contribution < 1.29 is 31.4 Å². The van der Waals surface area contributed by atoms with Crippen LogP contribution in [-0.2, 0) is 16.2 Å². The van der Waals surface area contributed by atoms with Crippen LogP contribution in [0.15, 0.2) is 42.5 Å². The van der Waals surface area contributed by atoms with Gasteiger partial charge in [0, 0.05) is 30.2 Å². The lowest BCUT2D eigenvalue weighted by atomic mass is 10.1. The minimum absolute atomic E-state index is 0.0299. The summed E-state index contributed by atoms with van der Waals surface area (Å²) in [6.07, 6.45) is -4.08. The number of alkyl halides is 3. The van der Waals surface area contributed by atoms with Crippen molar-refractivity contribution in [2.24, 2.45) is 0 Å². The molecular formula is C21H23F3N4O4S. The number of rotatable bonds is 10. The molecule has 0 unspecified atom stereocenters. The van der Waals surface area contributed by atoms with Gasteiger partial charge in [-0.05, 0) is 42.7 Å². The van der Waals surface area contributed by atoms with Gasteiger partial charge >= 0.3 is 6.18 Å². The highest BCUT2D eigenvalue weighted by Gasteiger charge is 2.36. The number of benzene rings is 2. The van der Waals surface area contributed by atoms with Gasteiger partial charge in [-0.3, -0.25) is 9.82 Å². The summed E-state index contributed by atoms with van der Waals surface area (Å²) in [5, 5.41) is 18.7. The average molecular weight is 485 g/mol. The number of aliphatic hydroxyl groups excluding tert-OH is 1. The molecule has 1 saturated carbocycles. The number of aliphatic hydroxyl groups is 1. The van der Waals surface area contributed by atoms with Gasteiger partial charge in [0.15, 0.2) is 5.69 Å². The molecule has 4 rings (SSSR count). The maximum Gasteiger partial charge on any atom is 0.435 e. The minimum Gasteiger partial charge on any atom is -0.492 e. The number of hydrogen-bond donors (Lipinski definition) is 4. The molecule has 0 spiro atoms. The first kappa shape index (κ1) is 23.3. The van der Waals surface area contributed by atoms with E-state index in [4.69, 9.17) is 4.74 Å². The number of nitrogens with one attached hydrogen (secondary N) is 3. The Hall–Kier alpha value is -2.83. The maximum atomic E-state index is 12.9. The van der Waals surface area contributed by atoms with Gasteiger partial charge in [0.25, 0.3) is 0 Å². The number of hydrogen-bond acceptors (Lipinski definition) is 6. The third-order valence-electron chi connectivity index (χ3n) is 5.18. The quantitative estimate of drug-likeness (QED) is 0.329. The number of halogens is 3. The van der Waals surface area contributed by atoms with Crippen LogP contribution in [0.3, 0.4) is 0 Å². The average Bonchev–Trinajstić information content (AvgIpc) is 3.53. The van der Waals surface area contributed by atoms with Crippen molar-refractivity contribution >= 4 is 26.6 Å². The van der Waals surface area contributed by atoms with Crippen molar-refractivity contribution in [3.8, 4) is 5.75 Å². The van der Waals surface area contributed by atoms with Crippen LogP contribution in [0.2, 0.25) is 0 Å². The number of anilines is 1. The van der Waals surface area contributed by atoms with Crippen LogP contribution in [0.1, 0.15) is 30.2 Å². The Morgan fingerprint density at radius 2 is 2.00 bits per heavy atom. The molecular weight excluding hydrogens is 461 g/mol. The zero-order valence-corrected chi connectivity index (χ0v) is 18.2. The summed E-state index contributed by atoms with van der Waals surface area (Å²) in [7, 11) is -3.38. The van der Waals surface area contributed by atoms with Gasteiger partial charge in [0.05, 0.1) is 16.9 Å². The summed E-state index contributed by atoms with van der Waals surface area (Å²) in [6, 6.07) is 10.8. The van der Waals surface area contributed by atoms with Crippen molar-refractivity contribution in [3.63, 3.8) is 0 Å². The molecule has 0 aliphatic heterocycles. The largest absolute Gasteiger partial charge is 0.492 e. The maximum absolute atomic E-state index is 12.9. The van der Waals surface area contributed by atoms with Crippen LogP contribution in [0.4, 0.5) is 18.9 Å². The van der Waals surface area contributed by atoms with Gasteiger partial charge < -0.3 is 15.2 Å². The third-order valence-corrected chi connectivity index (χ3v) is 7.05. The zero-order chi connectivity index (χ0) is 23.6. The summed E-state index contributed by atoms with van der Waals surface area (Å²) in [4.78, 5) is 0. The zero-order valence-electron chi connectivity index (χ0n) is 17.4. The number of nitrogens with zero attached hydrogens (tertiary/aromatic N) is 1. The fraction of sp³-hybridized carbons (Fsp3) is 0.381. The Morgan fingerprint density at radius 1 is 1.21 bits per heavy atom. The van der Waals surface area contributed by atoms with Gasteiger partial charge in [-0.15, -0.1) is 0 Å². The van der Waals surface area contributed by atoms with E-state index in [-0.39, 0.29) is 29.3 Å². The van der Waals surface area contributed by atoms with Crippen molar-refractivity contribution in [1.29, 1.82) is 0 Å². The Labute approximate surface area is 188 Å². The number of H-pyrrole nitrogens is 1. The summed E-state index contributed by atoms with van der Waals surface area (Å²) in [5.74, 6) is 0.387. The lowest BCUT2D eigenvalue weighted by Crippen LogP contribution is -2.26. The molecule has 0 amide bonds. The molecule has 0 saturated heterocycles. The summed E-state index contributed by atoms with van der Waals surface area (Å²) in [6.45, 7) is 0.802. The minimum atomic E-state index is -4.54. The first-order chi connectivity index (χ1) is 15.6. The number of ether oxygens (including phenoxy) is 1. The molecule has 8 nitrogen and oxygen atoms in total. The van der Waals surface area contributed by atoms with E-state index in [1.54, 1.807) is 24.3 Å². The molecule has 1 aliphatic carbocycles. The fourth-order valence-electron chi connectivity index (χ4n) is 3.34. The van der Waals surface area contributed by atoms with E-state index < -0.39 is 28.0 Å². The molecule has 0 radical (unpaired) electrons. The summed E-state index contributed by atoms with van der Waals surface area (Å²) < 4.78 is 70.9. The number of fused-ring (bicyclic) bond motifs is 1. The van der Waals surface area contributed by atoms with Gasteiger partial charge in [-0.25, -0.2) is 8.42 Å². The molecule has 1 atom stereocenters. The van der Waals surface area contributed by atoms with E-state index in [0.29, 0.717) is 36.4 Å². The topological polar surface area (TPSA) is 116 Å². The molecule has 2 aromatic carbocycles. The first-order valence-electron chi connectivity index (χ1n) is 10.3. The molecule has 1 fully saturated rings. The van der Waals surface area contributed by atoms with E-state index in [9.17, 15) is 26.7 Å². The Morgan fingerprint density at radius 3 is 2.73 bits per heavy atom. The van der Waals surface area contributed by atoms with Crippen LogP contribution < -0.4 is 14.8 Å². The van der Waals surface area contributed by atoms with Crippen LogP contribution >= 0.6 is 0 Å². The van der Waals surface area contributed by atoms with E-state index >= 15 is 0 Å².